The largest absolute Gasteiger partial charge is 0.465 e. The van der Waals surface area contributed by atoms with Crippen LogP contribution in [0.3, 0.4) is 0 Å². The monoisotopic (exact) mass is 370 g/mol. The summed E-state index contributed by atoms with van der Waals surface area (Å²) in [5, 5.41) is 17.6. The van der Waals surface area contributed by atoms with Gasteiger partial charge in [-0.05, 0) is 37.6 Å². The van der Waals surface area contributed by atoms with E-state index in [9.17, 15) is 18.3 Å². The zero-order valence-corrected chi connectivity index (χ0v) is 14.9. The molecule has 0 aliphatic carbocycles. The van der Waals surface area contributed by atoms with Crippen molar-refractivity contribution in [3.63, 3.8) is 0 Å². The summed E-state index contributed by atoms with van der Waals surface area (Å²) in [6.45, 7) is 4.05. The first-order valence-corrected chi connectivity index (χ1v) is 9.57. The SMILES string of the molecule is CCCCN(C(=O)O)c1ccc(S(=O)(=O)Nc2nnc(C)s2)cc1. The summed E-state index contributed by atoms with van der Waals surface area (Å²) < 4.78 is 26.9. The number of aromatic nitrogens is 2. The van der Waals surface area contributed by atoms with E-state index in [1.807, 2.05) is 6.92 Å². The van der Waals surface area contributed by atoms with Crippen LogP contribution < -0.4 is 9.62 Å². The highest BCUT2D eigenvalue weighted by Gasteiger charge is 2.18. The minimum absolute atomic E-state index is 0.0277. The second-order valence-corrected chi connectivity index (χ2v) is 7.88. The van der Waals surface area contributed by atoms with Crippen LogP contribution in [0.1, 0.15) is 24.8 Å². The van der Waals surface area contributed by atoms with Crippen molar-refractivity contribution in [2.24, 2.45) is 0 Å². The van der Waals surface area contributed by atoms with Crippen LogP contribution in [-0.4, -0.2) is 36.4 Å². The van der Waals surface area contributed by atoms with E-state index in [0.29, 0.717) is 17.2 Å². The van der Waals surface area contributed by atoms with Crippen LogP contribution in [0.4, 0.5) is 15.6 Å². The van der Waals surface area contributed by atoms with Gasteiger partial charge in [0.25, 0.3) is 10.0 Å². The number of hydrogen-bond donors (Lipinski definition) is 2. The van der Waals surface area contributed by atoms with E-state index in [4.69, 9.17) is 0 Å². The molecular weight excluding hydrogens is 352 g/mol. The third-order valence-electron chi connectivity index (χ3n) is 3.17. The van der Waals surface area contributed by atoms with Gasteiger partial charge in [0.05, 0.1) is 4.90 Å². The first-order chi connectivity index (χ1) is 11.3. The minimum atomic E-state index is -3.79. The van der Waals surface area contributed by atoms with Gasteiger partial charge in [0.1, 0.15) is 5.01 Å². The van der Waals surface area contributed by atoms with E-state index in [1.54, 1.807) is 6.92 Å². The normalized spacial score (nSPS) is 11.2. The number of sulfonamides is 1. The van der Waals surface area contributed by atoms with E-state index in [2.05, 4.69) is 14.9 Å². The third-order valence-corrected chi connectivity index (χ3v) is 5.41. The molecule has 1 heterocycles. The number of nitrogens with one attached hydrogen (secondary N) is 1. The first kappa shape index (κ1) is 18.1. The van der Waals surface area contributed by atoms with Crippen LogP contribution in [0.2, 0.25) is 0 Å². The van der Waals surface area contributed by atoms with Crippen molar-refractivity contribution in [1.29, 1.82) is 0 Å². The quantitative estimate of drug-likeness (QED) is 0.775. The minimum Gasteiger partial charge on any atom is -0.465 e. The van der Waals surface area contributed by atoms with Crippen molar-refractivity contribution in [3.8, 4) is 0 Å². The lowest BCUT2D eigenvalue weighted by molar-refractivity contribution is 0.201. The summed E-state index contributed by atoms with van der Waals surface area (Å²) in [5.41, 5.74) is 0.432. The van der Waals surface area contributed by atoms with Gasteiger partial charge in [-0.3, -0.25) is 9.62 Å². The Hall–Kier alpha value is -2.20. The maximum Gasteiger partial charge on any atom is 0.411 e. The molecule has 0 unspecified atom stereocenters. The summed E-state index contributed by atoms with van der Waals surface area (Å²) in [7, 11) is -3.79. The lowest BCUT2D eigenvalue weighted by Gasteiger charge is -2.19. The van der Waals surface area contributed by atoms with Gasteiger partial charge < -0.3 is 5.11 Å². The molecule has 0 aliphatic rings. The predicted molar refractivity (Wildman–Crippen MR) is 92.2 cm³/mol. The Morgan fingerprint density at radius 1 is 1.29 bits per heavy atom. The zero-order valence-electron chi connectivity index (χ0n) is 13.3. The average Bonchev–Trinajstić information content (AvgIpc) is 2.92. The Bertz CT molecular complexity index is 802. The maximum absolute atomic E-state index is 12.3. The molecule has 0 bridgehead atoms. The van der Waals surface area contributed by atoms with Gasteiger partial charge in [-0.25, -0.2) is 13.2 Å². The number of rotatable bonds is 7. The summed E-state index contributed by atoms with van der Waals surface area (Å²) >= 11 is 1.13. The standard InChI is InChI=1S/C14H18N4O4S2/c1-3-4-9-18(14(19)20)11-5-7-12(8-6-11)24(21,22)17-13-16-15-10(2)23-13/h5-8H,3-4,9H2,1-2H3,(H,16,17)(H,19,20). The van der Waals surface area contributed by atoms with E-state index in [0.717, 1.165) is 24.2 Å². The van der Waals surface area contributed by atoms with Gasteiger partial charge in [-0.1, -0.05) is 24.7 Å². The molecule has 0 aliphatic heterocycles. The molecule has 0 saturated carbocycles. The number of carboxylic acid groups (broad SMARTS) is 1. The summed E-state index contributed by atoms with van der Waals surface area (Å²) in [6.07, 6.45) is 0.521. The Kier molecular flexibility index (Phi) is 5.73. The van der Waals surface area contributed by atoms with Crippen molar-refractivity contribution in [2.75, 3.05) is 16.2 Å². The fraction of sp³-hybridized carbons (Fsp3) is 0.357. The molecule has 2 aromatic rings. The van der Waals surface area contributed by atoms with Crippen molar-refractivity contribution in [3.05, 3.63) is 29.3 Å². The lowest BCUT2D eigenvalue weighted by atomic mass is 10.2. The highest BCUT2D eigenvalue weighted by Crippen LogP contribution is 2.22. The Balaban J connectivity index is 2.19. The van der Waals surface area contributed by atoms with Crippen LogP contribution >= 0.6 is 11.3 Å². The number of amides is 1. The summed E-state index contributed by atoms with van der Waals surface area (Å²) in [6, 6.07) is 5.69. The zero-order chi connectivity index (χ0) is 17.7. The summed E-state index contributed by atoms with van der Waals surface area (Å²) in [5.74, 6) is 0. The van der Waals surface area contributed by atoms with Crippen molar-refractivity contribution < 1.29 is 18.3 Å². The molecule has 2 rings (SSSR count). The second kappa shape index (κ2) is 7.58. The molecular formula is C14H18N4O4S2. The van der Waals surface area contributed by atoms with Crippen molar-refractivity contribution >= 4 is 38.3 Å². The van der Waals surface area contributed by atoms with Gasteiger partial charge in [-0.2, -0.15) is 0 Å². The topological polar surface area (TPSA) is 112 Å². The molecule has 0 atom stereocenters. The molecule has 0 radical (unpaired) electrons. The number of benzene rings is 1. The van der Waals surface area contributed by atoms with E-state index in [1.165, 1.54) is 29.2 Å². The Morgan fingerprint density at radius 2 is 1.96 bits per heavy atom. The molecule has 0 spiro atoms. The van der Waals surface area contributed by atoms with Crippen LogP contribution in [-0.2, 0) is 10.0 Å². The number of anilines is 2. The smallest absolute Gasteiger partial charge is 0.411 e. The van der Waals surface area contributed by atoms with Gasteiger partial charge >= 0.3 is 6.09 Å². The molecule has 2 N–H and O–H groups in total. The van der Waals surface area contributed by atoms with E-state index < -0.39 is 16.1 Å². The van der Waals surface area contributed by atoms with Crippen molar-refractivity contribution in [1.82, 2.24) is 10.2 Å². The third kappa shape index (κ3) is 4.42. The van der Waals surface area contributed by atoms with E-state index in [-0.39, 0.29) is 10.0 Å². The van der Waals surface area contributed by atoms with Crippen LogP contribution in [0.5, 0.6) is 0 Å². The average molecular weight is 370 g/mol. The maximum atomic E-state index is 12.3. The molecule has 24 heavy (non-hydrogen) atoms. The highest BCUT2D eigenvalue weighted by molar-refractivity contribution is 7.93. The number of unbranched alkanes of at least 4 members (excludes halogenated alkanes) is 1. The number of nitrogens with zero attached hydrogens (tertiary/aromatic N) is 3. The van der Waals surface area contributed by atoms with Gasteiger partial charge in [0, 0.05) is 12.2 Å². The van der Waals surface area contributed by atoms with E-state index >= 15 is 0 Å². The van der Waals surface area contributed by atoms with Crippen molar-refractivity contribution in [2.45, 2.75) is 31.6 Å². The molecule has 0 fully saturated rings. The fourth-order valence-corrected chi connectivity index (χ4v) is 3.79. The van der Waals surface area contributed by atoms with Crippen LogP contribution in [0.15, 0.2) is 29.2 Å². The molecule has 1 amide bonds. The molecule has 0 saturated heterocycles. The van der Waals surface area contributed by atoms with Gasteiger partial charge in [0.2, 0.25) is 5.13 Å². The molecule has 1 aromatic carbocycles. The summed E-state index contributed by atoms with van der Waals surface area (Å²) in [4.78, 5) is 12.5. The Labute approximate surface area is 144 Å². The molecule has 8 nitrogen and oxygen atoms in total. The fourth-order valence-electron chi connectivity index (χ4n) is 1.97. The van der Waals surface area contributed by atoms with Gasteiger partial charge in [-0.15, -0.1) is 10.2 Å². The number of aryl methyl sites for hydroxylation is 1. The van der Waals surface area contributed by atoms with Gasteiger partial charge in [0.15, 0.2) is 0 Å². The molecule has 10 heteroatoms. The second-order valence-electron chi connectivity index (χ2n) is 5.01. The number of carbonyl (C=O) groups is 1. The molecule has 130 valence electrons. The Morgan fingerprint density at radius 3 is 2.46 bits per heavy atom. The molecule has 1 aromatic heterocycles. The van der Waals surface area contributed by atoms with Crippen LogP contribution in [0, 0.1) is 6.92 Å². The predicted octanol–water partition coefficient (Wildman–Crippen LogP) is 2.93. The highest BCUT2D eigenvalue weighted by atomic mass is 32.2. The number of hydrogen-bond acceptors (Lipinski definition) is 6. The lowest BCUT2D eigenvalue weighted by Crippen LogP contribution is -2.30. The van der Waals surface area contributed by atoms with Crippen LogP contribution in [0.25, 0.3) is 0 Å². The first-order valence-electron chi connectivity index (χ1n) is 7.27.